The number of carbonyl (C=O) groups is 2. The van der Waals surface area contributed by atoms with Crippen LogP contribution < -0.4 is 0 Å². The van der Waals surface area contributed by atoms with Crippen LogP contribution in [0.5, 0.6) is 0 Å². The standard InChI is InChI=1S/C25H28N6O3S/c1-17-22(18(2)34-29-17)23(33)30-12-7-25(8-13-30)9-14-31(16-25)21(32)15-35-24-27-11-6-20(28-24)19-5-3-4-10-26-19/h3-6,10-11H,7-9,12-16H2,1-2H3. The van der Waals surface area contributed by atoms with Gasteiger partial charge in [0.2, 0.25) is 5.91 Å². The van der Waals surface area contributed by atoms with E-state index in [1.165, 1.54) is 11.8 Å². The maximum absolute atomic E-state index is 13.0. The van der Waals surface area contributed by atoms with E-state index in [1.54, 1.807) is 26.2 Å². The average Bonchev–Trinajstić information content (AvgIpc) is 3.46. The molecule has 5 rings (SSSR count). The van der Waals surface area contributed by atoms with Gasteiger partial charge in [-0.05, 0) is 56.7 Å². The summed E-state index contributed by atoms with van der Waals surface area (Å²) in [4.78, 5) is 43.0. The predicted molar refractivity (Wildman–Crippen MR) is 131 cm³/mol. The first kappa shape index (κ1) is 23.5. The lowest BCUT2D eigenvalue weighted by Crippen LogP contribution is -2.45. The summed E-state index contributed by atoms with van der Waals surface area (Å²) in [7, 11) is 0. The third-order valence-corrected chi connectivity index (χ3v) is 7.88. The Morgan fingerprint density at radius 2 is 1.77 bits per heavy atom. The molecule has 2 aliphatic rings. The van der Waals surface area contributed by atoms with Gasteiger partial charge in [0.15, 0.2) is 5.16 Å². The maximum atomic E-state index is 13.0. The minimum Gasteiger partial charge on any atom is -0.361 e. The Balaban J connectivity index is 1.14. The van der Waals surface area contributed by atoms with E-state index in [4.69, 9.17) is 4.52 Å². The van der Waals surface area contributed by atoms with E-state index < -0.39 is 0 Å². The normalized spacial score (nSPS) is 17.2. The van der Waals surface area contributed by atoms with Crippen LogP contribution in [0.4, 0.5) is 0 Å². The molecular weight excluding hydrogens is 464 g/mol. The Morgan fingerprint density at radius 3 is 2.46 bits per heavy atom. The number of nitrogens with zero attached hydrogens (tertiary/aromatic N) is 6. The smallest absolute Gasteiger partial charge is 0.259 e. The minimum atomic E-state index is -0.00800. The second-order valence-electron chi connectivity index (χ2n) is 9.28. The molecule has 0 bridgehead atoms. The molecule has 0 N–H and O–H groups in total. The van der Waals surface area contributed by atoms with Crippen molar-refractivity contribution in [1.82, 2.24) is 29.9 Å². The van der Waals surface area contributed by atoms with Gasteiger partial charge in [0, 0.05) is 38.6 Å². The van der Waals surface area contributed by atoms with Crippen LogP contribution in [0, 0.1) is 19.3 Å². The van der Waals surface area contributed by atoms with E-state index in [0.29, 0.717) is 41.0 Å². The lowest BCUT2D eigenvalue weighted by Gasteiger charge is -2.39. The van der Waals surface area contributed by atoms with Crippen LogP contribution >= 0.6 is 11.8 Å². The number of hydrogen-bond acceptors (Lipinski definition) is 8. The average molecular weight is 493 g/mol. The summed E-state index contributed by atoms with van der Waals surface area (Å²) in [6.45, 7) is 6.45. The monoisotopic (exact) mass is 492 g/mol. The first-order valence-corrected chi connectivity index (χ1v) is 12.8. The minimum absolute atomic E-state index is 0.00800. The second kappa shape index (κ2) is 9.77. The molecule has 0 saturated carbocycles. The lowest BCUT2D eigenvalue weighted by molar-refractivity contribution is -0.127. The van der Waals surface area contributed by atoms with Crippen molar-refractivity contribution in [2.75, 3.05) is 31.9 Å². The molecular formula is C25H28N6O3S. The van der Waals surface area contributed by atoms with Crippen molar-refractivity contribution in [3.8, 4) is 11.4 Å². The number of thioether (sulfide) groups is 1. The van der Waals surface area contributed by atoms with Gasteiger partial charge in [0.05, 0.1) is 22.8 Å². The Hall–Kier alpha value is -3.27. The predicted octanol–water partition coefficient (Wildman–Crippen LogP) is 3.39. The van der Waals surface area contributed by atoms with E-state index in [1.807, 2.05) is 34.1 Å². The fraction of sp³-hybridized carbons (Fsp3) is 0.440. The molecule has 5 heterocycles. The Bertz CT molecular complexity index is 1200. The number of piperidine rings is 1. The second-order valence-corrected chi connectivity index (χ2v) is 10.2. The Labute approximate surface area is 208 Å². The van der Waals surface area contributed by atoms with Crippen LogP contribution in [0.1, 0.15) is 41.1 Å². The summed E-state index contributed by atoms with van der Waals surface area (Å²) < 4.78 is 5.17. The van der Waals surface area contributed by atoms with Crippen molar-refractivity contribution < 1.29 is 14.1 Å². The van der Waals surface area contributed by atoms with E-state index in [2.05, 4.69) is 20.1 Å². The maximum Gasteiger partial charge on any atom is 0.259 e. The summed E-state index contributed by atoms with van der Waals surface area (Å²) in [6, 6.07) is 7.50. The largest absolute Gasteiger partial charge is 0.361 e. The highest BCUT2D eigenvalue weighted by atomic mass is 32.2. The van der Waals surface area contributed by atoms with Crippen molar-refractivity contribution in [2.45, 2.75) is 38.3 Å². The molecule has 9 nitrogen and oxygen atoms in total. The van der Waals surface area contributed by atoms with Crippen molar-refractivity contribution in [3.63, 3.8) is 0 Å². The van der Waals surface area contributed by atoms with Crippen molar-refractivity contribution >= 4 is 23.6 Å². The first-order valence-electron chi connectivity index (χ1n) is 11.8. The molecule has 2 fully saturated rings. The van der Waals surface area contributed by atoms with Gasteiger partial charge in [0.25, 0.3) is 5.91 Å². The van der Waals surface area contributed by atoms with E-state index in [0.717, 1.165) is 43.7 Å². The van der Waals surface area contributed by atoms with Crippen LogP contribution in [-0.2, 0) is 4.79 Å². The summed E-state index contributed by atoms with van der Waals surface area (Å²) in [5, 5.41) is 4.48. The van der Waals surface area contributed by atoms with Gasteiger partial charge in [-0.2, -0.15) is 0 Å². The Kier molecular flexibility index (Phi) is 6.55. The number of hydrogen-bond donors (Lipinski definition) is 0. The zero-order valence-corrected chi connectivity index (χ0v) is 20.8. The third-order valence-electron chi connectivity index (χ3n) is 7.04. The Morgan fingerprint density at radius 1 is 1.00 bits per heavy atom. The highest BCUT2D eigenvalue weighted by molar-refractivity contribution is 7.99. The zero-order valence-electron chi connectivity index (χ0n) is 19.9. The summed E-state index contributed by atoms with van der Waals surface area (Å²) >= 11 is 1.36. The van der Waals surface area contributed by atoms with E-state index in [9.17, 15) is 9.59 Å². The molecule has 3 aromatic rings. The van der Waals surface area contributed by atoms with Gasteiger partial charge >= 0.3 is 0 Å². The molecule has 0 aromatic carbocycles. The topological polar surface area (TPSA) is 105 Å². The fourth-order valence-corrected chi connectivity index (χ4v) is 5.70. The van der Waals surface area contributed by atoms with Gasteiger partial charge < -0.3 is 14.3 Å². The summed E-state index contributed by atoms with van der Waals surface area (Å²) in [5.41, 5.74) is 2.83. The number of aromatic nitrogens is 4. The van der Waals surface area contributed by atoms with Crippen LogP contribution in [0.15, 0.2) is 46.3 Å². The van der Waals surface area contributed by atoms with Gasteiger partial charge in [-0.1, -0.05) is 23.0 Å². The van der Waals surface area contributed by atoms with E-state index in [-0.39, 0.29) is 17.2 Å². The fourth-order valence-electron chi connectivity index (χ4n) is 4.97. The number of carbonyl (C=O) groups excluding carboxylic acids is 2. The van der Waals surface area contributed by atoms with Gasteiger partial charge in [-0.15, -0.1) is 0 Å². The highest BCUT2D eigenvalue weighted by Crippen LogP contribution is 2.41. The molecule has 2 amide bonds. The first-order chi connectivity index (χ1) is 16.9. The number of aryl methyl sites for hydroxylation is 2. The van der Waals surface area contributed by atoms with Crippen LogP contribution in [0.25, 0.3) is 11.4 Å². The SMILES string of the molecule is Cc1noc(C)c1C(=O)N1CCC2(CCN(C(=O)CSc3nccc(-c4ccccn4)n3)C2)CC1. The molecule has 182 valence electrons. The molecule has 10 heteroatoms. The van der Waals surface area contributed by atoms with Gasteiger partial charge in [-0.25, -0.2) is 9.97 Å². The number of pyridine rings is 1. The third kappa shape index (κ3) is 4.93. The van der Waals surface area contributed by atoms with Crippen LogP contribution in [0.2, 0.25) is 0 Å². The molecule has 0 aliphatic carbocycles. The number of amides is 2. The molecule has 1 spiro atoms. The lowest BCUT2D eigenvalue weighted by atomic mass is 9.77. The quantitative estimate of drug-likeness (QED) is 0.394. The number of rotatable bonds is 5. The van der Waals surface area contributed by atoms with E-state index >= 15 is 0 Å². The molecule has 2 aliphatic heterocycles. The van der Waals surface area contributed by atoms with Crippen LogP contribution in [0.3, 0.4) is 0 Å². The van der Waals surface area contributed by atoms with Crippen LogP contribution in [-0.4, -0.2) is 73.7 Å². The van der Waals surface area contributed by atoms with Gasteiger partial charge in [0.1, 0.15) is 11.3 Å². The molecule has 0 radical (unpaired) electrons. The van der Waals surface area contributed by atoms with Crippen molar-refractivity contribution in [1.29, 1.82) is 0 Å². The molecule has 0 atom stereocenters. The highest BCUT2D eigenvalue weighted by Gasteiger charge is 2.43. The molecule has 2 saturated heterocycles. The molecule has 3 aromatic heterocycles. The summed E-state index contributed by atoms with van der Waals surface area (Å²) in [5.74, 6) is 0.968. The zero-order chi connectivity index (χ0) is 24.4. The van der Waals surface area contributed by atoms with Crippen molar-refractivity contribution in [3.05, 3.63) is 53.7 Å². The molecule has 35 heavy (non-hydrogen) atoms. The van der Waals surface area contributed by atoms with Gasteiger partial charge in [-0.3, -0.25) is 14.6 Å². The molecule has 0 unspecified atom stereocenters. The number of likely N-dealkylation sites (tertiary alicyclic amines) is 2. The summed E-state index contributed by atoms with van der Waals surface area (Å²) in [6.07, 6.45) is 6.20. The van der Waals surface area contributed by atoms with Crippen molar-refractivity contribution in [2.24, 2.45) is 5.41 Å².